The van der Waals surface area contributed by atoms with E-state index in [1.165, 1.54) is 0 Å². The van der Waals surface area contributed by atoms with Gasteiger partial charge < -0.3 is 21.1 Å². The van der Waals surface area contributed by atoms with E-state index in [4.69, 9.17) is 10.8 Å². The quantitative estimate of drug-likeness (QED) is 0.318. The molecule has 82 valence electrons. The molecular weight excluding hydrogens is 204 g/mol. The first kappa shape index (κ1) is 11.2. The Kier molecular flexibility index (Phi) is 3.08. The fourth-order valence-electron chi connectivity index (χ4n) is 1.17. The van der Waals surface area contributed by atoms with E-state index in [2.05, 4.69) is 0 Å². The predicted octanol–water partition coefficient (Wildman–Crippen LogP) is -0.00190. The number of rotatable bonds is 3. The molecule has 1 rings (SSSR count). The van der Waals surface area contributed by atoms with Crippen molar-refractivity contribution in [3.8, 4) is 11.5 Å². The number of nitrogens with zero attached hydrogens (tertiary/aromatic N) is 1. The van der Waals surface area contributed by atoms with Crippen molar-refractivity contribution in [3.05, 3.63) is 27.8 Å². The van der Waals surface area contributed by atoms with Gasteiger partial charge >= 0.3 is 5.69 Å². The molecule has 1 aromatic carbocycles. The van der Waals surface area contributed by atoms with Crippen LogP contribution in [0.3, 0.4) is 0 Å². The van der Waals surface area contributed by atoms with Crippen molar-refractivity contribution in [1.82, 2.24) is 0 Å². The zero-order valence-electron chi connectivity index (χ0n) is 7.62. The number of nitrogens with two attached hydrogens (primary N) is 1. The SMILES string of the molecule is NC[C@H](O)c1ccc(O)c(O)c1[N+](=O)[O-]. The van der Waals surface area contributed by atoms with Gasteiger partial charge in [0.1, 0.15) is 0 Å². The van der Waals surface area contributed by atoms with Gasteiger partial charge in [-0.1, -0.05) is 0 Å². The van der Waals surface area contributed by atoms with Crippen LogP contribution in [0.5, 0.6) is 11.5 Å². The van der Waals surface area contributed by atoms with E-state index in [0.29, 0.717) is 0 Å². The maximum atomic E-state index is 10.6. The van der Waals surface area contributed by atoms with Gasteiger partial charge in [-0.05, 0) is 12.1 Å². The van der Waals surface area contributed by atoms with E-state index in [1.807, 2.05) is 0 Å². The Labute approximate surface area is 84.5 Å². The molecule has 0 saturated carbocycles. The molecule has 0 aliphatic carbocycles. The summed E-state index contributed by atoms with van der Waals surface area (Å²) in [5, 5.41) is 38.3. The highest BCUT2D eigenvalue weighted by Gasteiger charge is 2.26. The van der Waals surface area contributed by atoms with Gasteiger partial charge in [-0.15, -0.1) is 0 Å². The summed E-state index contributed by atoms with van der Waals surface area (Å²) in [6.45, 7) is -0.217. The monoisotopic (exact) mass is 214 g/mol. The summed E-state index contributed by atoms with van der Waals surface area (Å²) < 4.78 is 0. The van der Waals surface area contributed by atoms with Crippen LogP contribution in [0.15, 0.2) is 12.1 Å². The Balaban J connectivity index is 3.40. The van der Waals surface area contributed by atoms with E-state index in [0.717, 1.165) is 12.1 Å². The molecule has 0 saturated heterocycles. The van der Waals surface area contributed by atoms with Crippen molar-refractivity contribution in [1.29, 1.82) is 0 Å². The zero-order chi connectivity index (χ0) is 11.6. The van der Waals surface area contributed by atoms with Crippen LogP contribution in [-0.2, 0) is 0 Å². The van der Waals surface area contributed by atoms with Gasteiger partial charge in [-0.25, -0.2) is 0 Å². The molecule has 0 radical (unpaired) electrons. The Morgan fingerprint density at radius 1 is 1.47 bits per heavy atom. The number of aliphatic hydroxyl groups is 1. The maximum Gasteiger partial charge on any atom is 0.320 e. The van der Waals surface area contributed by atoms with Gasteiger partial charge in [-0.2, -0.15) is 0 Å². The van der Waals surface area contributed by atoms with E-state index < -0.39 is 28.2 Å². The molecule has 0 amide bonds. The highest BCUT2D eigenvalue weighted by atomic mass is 16.6. The van der Waals surface area contributed by atoms with Crippen LogP contribution in [0.1, 0.15) is 11.7 Å². The van der Waals surface area contributed by atoms with Gasteiger partial charge in [0.25, 0.3) is 0 Å². The molecule has 0 unspecified atom stereocenters. The lowest BCUT2D eigenvalue weighted by Crippen LogP contribution is -2.13. The number of phenols is 2. The van der Waals surface area contributed by atoms with Crippen molar-refractivity contribution in [2.24, 2.45) is 5.73 Å². The first-order chi connectivity index (χ1) is 6.99. The first-order valence-corrected chi connectivity index (χ1v) is 4.06. The van der Waals surface area contributed by atoms with Crippen molar-refractivity contribution >= 4 is 5.69 Å². The normalized spacial score (nSPS) is 12.4. The molecular formula is C8H10N2O5. The van der Waals surface area contributed by atoms with Crippen LogP contribution in [0.2, 0.25) is 0 Å². The lowest BCUT2D eigenvalue weighted by molar-refractivity contribution is -0.387. The fourth-order valence-corrected chi connectivity index (χ4v) is 1.17. The summed E-state index contributed by atoms with van der Waals surface area (Å²) >= 11 is 0. The lowest BCUT2D eigenvalue weighted by atomic mass is 10.1. The molecule has 0 fully saturated rings. The largest absolute Gasteiger partial charge is 0.504 e. The Hall–Kier alpha value is -1.86. The van der Waals surface area contributed by atoms with Crippen molar-refractivity contribution in [2.75, 3.05) is 6.54 Å². The number of aromatic hydroxyl groups is 2. The van der Waals surface area contributed by atoms with Crippen LogP contribution in [0, 0.1) is 10.1 Å². The third-order valence-electron chi connectivity index (χ3n) is 1.93. The topological polar surface area (TPSA) is 130 Å². The highest BCUT2D eigenvalue weighted by molar-refractivity contribution is 5.59. The zero-order valence-corrected chi connectivity index (χ0v) is 7.62. The summed E-state index contributed by atoms with van der Waals surface area (Å²) in [5.41, 5.74) is 4.29. The van der Waals surface area contributed by atoms with Gasteiger partial charge in [0, 0.05) is 6.54 Å². The van der Waals surface area contributed by atoms with Gasteiger partial charge in [0.15, 0.2) is 5.75 Å². The van der Waals surface area contributed by atoms with Crippen LogP contribution in [0.4, 0.5) is 5.69 Å². The first-order valence-electron chi connectivity index (χ1n) is 4.06. The number of phenolic OH excluding ortho intramolecular Hbond substituents is 2. The minimum atomic E-state index is -1.25. The van der Waals surface area contributed by atoms with Crippen molar-refractivity contribution in [2.45, 2.75) is 6.10 Å². The molecule has 15 heavy (non-hydrogen) atoms. The summed E-state index contributed by atoms with van der Waals surface area (Å²) in [6.07, 6.45) is -1.25. The van der Waals surface area contributed by atoms with Gasteiger partial charge in [-0.3, -0.25) is 10.1 Å². The molecule has 7 nitrogen and oxygen atoms in total. The molecule has 0 aliphatic rings. The molecule has 1 atom stereocenters. The third-order valence-corrected chi connectivity index (χ3v) is 1.93. The smallest absolute Gasteiger partial charge is 0.320 e. The standard InChI is InChI=1S/C8H10N2O5/c9-3-6(12)4-1-2-5(11)8(13)7(4)10(14)15/h1-2,6,11-13H,3,9H2/t6-/m0/s1. The predicted molar refractivity (Wildman–Crippen MR) is 50.4 cm³/mol. The number of nitro benzene ring substituents is 1. The van der Waals surface area contributed by atoms with Crippen LogP contribution < -0.4 is 5.73 Å². The molecule has 0 bridgehead atoms. The number of nitro groups is 1. The summed E-state index contributed by atoms with van der Waals surface area (Å²) in [4.78, 5) is 9.71. The average molecular weight is 214 g/mol. The van der Waals surface area contributed by atoms with Crippen LogP contribution in [-0.4, -0.2) is 26.8 Å². The summed E-state index contributed by atoms with van der Waals surface area (Å²) in [7, 11) is 0. The fraction of sp³-hybridized carbons (Fsp3) is 0.250. The third kappa shape index (κ3) is 1.97. The number of aliphatic hydroxyl groups excluding tert-OH is 1. The van der Waals surface area contributed by atoms with E-state index in [-0.39, 0.29) is 12.1 Å². The van der Waals surface area contributed by atoms with E-state index >= 15 is 0 Å². The van der Waals surface area contributed by atoms with Crippen molar-refractivity contribution in [3.63, 3.8) is 0 Å². The highest BCUT2D eigenvalue weighted by Crippen LogP contribution is 2.39. The molecule has 0 aromatic heterocycles. The summed E-state index contributed by atoms with van der Waals surface area (Å²) in [5.74, 6) is -1.49. The second kappa shape index (κ2) is 4.11. The minimum absolute atomic E-state index is 0.127. The number of hydrogen-bond acceptors (Lipinski definition) is 6. The second-order valence-electron chi connectivity index (χ2n) is 2.88. The second-order valence-corrected chi connectivity index (χ2v) is 2.88. The molecule has 7 heteroatoms. The molecule has 0 aliphatic heterocycles. The van der Waals surface area contributed by atoms with E-state index in [1.54, 1.807) is 0 Å². The maximum absolute atomic E-state index is 10.6. The molecule has 1 aromatic rings. The van der Waals surface area contributed by atoms with Gasteiger partial charge in [0.05, 0.1) is 16.6 Å². The number of hydrogen-bond donors (Lipinski definition) is 4. The van der Waals surface area contributed by atoms with Crippen LogP contribution >= 0.6 is 0 Å². The minimum Gasteiger partial charge on any atom is -0.504 e. The lowest BCUT2D eigenvalue weighted by Gasteiger charge is -2.09. The van der Waals surface area contributed by atoms with Gasteiger partial charge in [0.2, 0.25) is 5.75 Å². The van der Waals surface area contributed by atoms with Crippen LogP contribution in [0.25, 0.3) is 0 Å². The Morgan fingerprint density at radius 3 is 2.53 bits per heavy atom. The van der Waals surface area contributed by atoms with Crippen molar-refractivity contribution < 1.29 is 20.2 Å². The summed E-state index contributed by atoms with van der Waals surface area (Å²) in [6, 6.07) is 2.20. The Bertz CT molecular complexity index is 393. The molecule has 5 N–H and O–H groups in total. The molecule has 0 spiro atoms. The number of benzene rings is 1. The molecule has 0 heterocycles. The Morgan fingerprint density at radius 2 is 2.07 bits per heavy atom. The average Bonchev–Trinajstić information content (AvgIpc) is 2.20. The van der Waals surface area contributed by atoms with E-state index in [9.17, 15) is 20.3 Å².